The van der Waals surface area contributed by atoms with Crippen molar-refractivity contribution in [3.05, 3.63) is 23.9 Å². The van der Waals surface area contributed by atoms with Gasteiger partial charge in [-0.15, -0.1) is 0 Å². The van der Waals surface area contributed by atoms with E-state index in [1.807, 2.05) is 30.2 Å². The number of piperidine rings is 1. The van der Waals surface area contributed by atoms with Crippen LogP contribution in [0.5, 0.6) is 0 Å². The molecule has 6 nitrogen and oxygen atoms in total. The van der Waals surface area contributed by atoms with E-state index in [2.05, 4.69) is 15.6 Å². The molecule has 1 fully saturated rings. The number of likely N-dealkylation sites (tertiary alicyclic amines) is 1. The quantitative estimate of drug-likeness (QED) is 0.649. The van der Waals surface area contributed by atoms with Gasteiger partial charge in [0, 0.05) is 25.8 Å². The van der Waals surface area contributed by atoms with Gasteiger partial charge < -0.3 is 15.7 Å². The number of rotatable bonds is 7. The molecule has 2 rings (SSSR count). The molecule has 0 radical (unpaired) electrons. The van der Waals surface area contributed by atoms with Crippen molar-refractivity contribution >= 4 is 11.7 Å². The molecular formula is C16H26N4O2. The standard InChI is InChI=1S/C16H26N4O2/c1-13-5-6-15(19-10-13)17-7-3-8-18-16(22)12-20-9-2-4-14(21)11-20/h5-6,10,14,21H,2-4,7-9,11-12H2,1H3,(H,17,19)(H,18,22). The molecule has 0 aliphatic carbocycles. The zero-order valence-electron chi connectivity index (χ0n) is 13.2. The number of nitrogens with zero attached hydrogens (tertiary/aromatic N) is 2. The van der Waals surface area contributed by atoms with Crippen LogP contribution in [0.3, 0.4) is 0 Å². The first-order chi connectivity index (χ1) is 10.6. The van der Waals surface area contributed by atoms with Gasteiger partial charge in [-0.05, 0) is 44.4 Å². The molecule has 1 aliphatic rings. The number of aromatic nitrogens is 1. The number of carbonyl (C=O) groups is 1. The Kier molecular flexibility index (Phi) is 6.61. The predicted octanol–water partition coefficient (Wildman–Crippen LogP) is 0.765. The lowest BCUT2D eigenvalue weighted by molar-refractivity contribution is -0.122. The second kappa shape index (κ2) is 8.70. The largest absolute Gasteiger partial charge is 0.392 e. The maximum Gasteiger partial charge on any atom is 0.234 e. The molecule has 1 aliphatic heterocycles. The van der Waals surface area contributed by atoms with Gasteiger partial charge in [-0.2, -0.15) is 0 Å². The zero-order chi connectivity index (χ0) is 15.8. The van der Waals surface area contributed by atoms with E-state index in [1.165, 1.54) is 0 Å². The van der Waals surface area contributed by atoms with Crippen LogP contribution in [-0.4, -0.2) is 59.7 Å². The van der Waals surface area contributed by atoms with E-state index in [0.717, 1.165) is 43.7 Å². The summed E-state index contributed by atoms with van der Waals surface area (Å²) in [6, 6.07) is 3.97. The molecule has 122 valence electrons. The van der Waals surface area contributed by atoms with Gasteiger partial charge in [0.15, 0.2) is 0 Å². The molecule has 3 N–H and O–H groups in total. The van der Waals surface area contributed by atoms with Crippen molar-refractivity contribution in [1.82, 2.24) is 15.2 Å². The van der Waals surface area contributed by atoms with Gasteiger partial charge >= 0.3 is 0 Å². The Hall–Kier alpha value is -1.66. The Morgan fingerprint density at radius 1 is 1.45 bits per heavy atom. The van der Waals surface area contributed by atoms with Crippen molar-refractivity contribution in [2.75, 3.05) is 38.0 Å². The maximum absolute atomic E-state index is 11.8. The Morgan fingerprint density at radius 2 is 2.32 bits per heavy atom. The molecule has 1 aromatic rings. The SMILES string of the molecule is Cc1ccc(NCCCNC(=O)CN2CCCC(O)C2)nc1. The van der Waals surface area contributed by atoms with E-state index in [0.29, 0.717) is 19.6 Å². The van der Waals surface area contributed by atoms with Gasteiger partial charge in [0.05, 0.1) is 12.6 Å². The molecule has 2 heterocycles. The fourth-order valence-electron chi connectivity index (χ4n) is 2.54. The molecule has 0 saturated carbocycles. The third-order valence-corrected chi connectivity index (χ3v) is 3.74. The van der Waals surface area contributed by atoms with Crippen LogP contribution in [0.25, 0.3) is 0 Å². The number of aryl methyl sites for hydroxylation is 1. The number of anilines is 1. The monoisotopic (exact) mass is 306 g/mol. The minimum Gasteiger partial charge on any atom is -0.392 e. The second-order valence-electron chi connectivity index (χ2n) is 5.88. The number of β-amino-alcohol motifs (C(OH)–C–C–N with tert-alkyl or cyclic N) is 1. The maximum atomic E-state index is 11.8. The fourth-order valence-corrected chi connectivity index (χ4v) is 2.54. The van der Waals surface area contributed by atoms with Crippen molar-refractivity contribution < 1.29 is 9.90 Å². The molecule has 6 heteroatoms. The fraction of sp³-hybridized carbons (Fsp3) is 0.625. The highest BCUT2D eigenvalue weighted by atomic mass is 16.3. The lowest BCUT2D eigenvalue weighted by Crippen LogP contribution is -2.44. The summed E-state index contributed by atoms with van der Waals surface area (Å²) in [5.74, 6) is 0.891. The van der Waals surface area contributed by atoms with Gasteiger partial charge in [0.2, 0.25) is 5.91 Å². The molecule has 0 aromatic carbocycles. The first kappa shape index (κ1) is 16.7. The third kappa shape index (κ3) is 5.99. The Morgan fingerprint density at radius 3 is 3.05 bits per heavy atom. The van der Waals surface area contributed by atoms with Crippen LogP contribution in [-0.2, 0) is 4.79 Å². The van der Waals surface area contributed by atoms with Crippen LogP contribution in [0.15, 0.2) is 18.3 Å². The van der Waals surface area contributed by atoms with Gasteiger partial charge in [-0.1, -0.05) is 6.07 Å². The molecule has 0 spiro atoms. The molecule has 1 unspecified atom stereocenters. The number of aliphatic hydroxyl groups excluding tert-OH is 1. The summed E-state index contributed by atoms with van der Waals surface area (Å²) in [5, 5.41) is 15.7. The summed E-state index contributed by atoms with van der Waals surface area (Å²) in [4.78, 5) is 18.1. The summed E-state index contributed by atoms with van der Waals surface area (Å²) < 4.78 is 0. The van der Waals surface area contributed by atoms with Crippen LogP contribution >= 0.6 is 0 Å². The van der Waals surface area contributed by atoms with E-state index in [-0.39, 0.29) is 12.0 Å². The number of hydrogen-bond acceptors (Lipinski definition) is 5. The Labute approximate surface area is 131 Å². The number of pyridine rings is 1. The molecule has 1 atom stereocenters. The van der Waals surface area contributed by atoms with Crippen LogP contribution < -0.4 is 10.6 Å². The van der Waals surface area contributed by atoms with Gasteiger partial charge in [-0.3, -0.25) is 9.69 Å². The minimum atomic E-state index is -0.284. The average Bonchev–Trinajstić information content (AvgIpc) is 2.49. The molecule has 0 bridgehead atoms. The first-order valence-corrected chi connectivity index (χ1v) is 7.97. The molecule has 1 aromatic heterocycles. The average molecular weight is 306 g/mol. The number of nitrogens with one attached hydrogen (secondary N) is 2. The summed E-state index contributed by atoms with van der Waals surface area (Å²) in [5.41, 5.74) is 1.14. The summed E-state index contributed by atoms with van der Waals surface area (Å²) in [7, 11) is 0. The van der Waals surface area contributed by atoms with Crippen molar-refractivity contribution in [3.8, 4) is 0 Å². The highest BCUT2D eigenvalue weighted by Crippen LogP contribution is 2.08. The minimum absolute atomic E-state index is 0.0301. The third-order valence-electron chi connectivity index (χ3n) is 3.74. The van der Waals surface area contributed by atoms with E-state index in [4.69, 9.17) is 0 Å². The van der Waals surface area contributed by atoms with Crippen LogP contribution in [0.1, 0.15) is 24.8 Å². The zero-order valence-corrected chi connectivity index (χ0v) is 13.2. The van der Waals surface area contributed by atoms with Crippen LogP contribution in [0.4, 0.5) is 5.82 Å². The highest BCUT2D eigenvalue weighted by Gasteiger charge is 2.19. The van der Waals surface area contributed by atoms with Crippen molar-refractivity contribution in [1.29, 1.82) is 0 Å². The molecule has 22 heavy (non-hydrogen) atoms. The molecular weight excluding hydrogens is 280 g/mol. The lowest BCUT2D eigenvalue weighted by Gasteiger charge is -2.29. The molecule has 1 amide bonds. The number of carbonyl (C=O) groups excluding carboxylic acids is 1. The van der Waals surface area contributed by atoms with Crippen LogP contribution in [0, 0.1) is 6.92 Å². The van der Waals surface area contributed by atoms with E-state index in [1.54, 1.807) is 0 Å². The normalized spacial score (nSPS) is 18.9. The Balaban J connectivity index is 1.54. The number of aliphatic hydroxyl groups is 1. The predicted molar refractivity (Wildman–Crippen MR) is 86.8 cm³/mol. The van der Waals surface area contributed by atoms with Gasteiger partial charge in [0.25, 0.3) is 0 Å². The topological polar surface area (TPSA) is 77.5 Å². The summed E-state index contributed by atoms with van der Waals surface area (Å²) in [6.07, 6.45) is 4.20. The van der Waals surface area contributed by atoms with Gasteiger partial charge in [-0.25, -0.2) is 4.98 Å². The van der Waals surface area contributed by atoms with Crippen molar-refractivity contribution in [2.45, 2.75) is 32.3 Å². The number of hydrogen-bond donors (Lipinski definition) is 3. The molecule has 1 saturated heterocycles. The summed E-state index contributed by atoms with van der Waals surface area (Å²) in [6.45, 7) is 5.31. The van der Waals surface area contributed by atoms with E-state index < -0.39 is 0 Å². The summed E-state index contributed by atoms with van der Waals surface area (Å²) >= 11 is 0. The lowest BCUT2D eigenvalue weighted by atomic mass is 10.1. The number of amides is 1. The Bertz CT molecular complexity index is 464. The van der Waals surface area contributed by atoms with Crippen molar-refractivity contribution in [2.24, 2.45) is 0 Å². The smallest absolute Gasteiger partial charge is 0.234 e. The highest BCUT2D eigenvalue weighted by molar-refractivity contribution is 5.77. The second-order valence-corrected chi connectivity index (χ2v) is 5.88. The van der Waals surface area contributed by atoms with E-state index >= 15 is 0 Å². The van der Waals surface area contributed by atoms with E-state index in [9.17, 15) is 9.90 Å². The first-order valence-electron chi connectivity index (χ1n) is 7.97. The van der Waals surface area contributed by atoms with Gasteiger partial charge in [0.1, 0.15) is 5.82 Å². The van der Waals surface area contributed by atoms with Crippen LogP contribution in [0.2, 0.25) is 0 Å². The van der Waals surface area contributed by atoms with Crippen molar-refractivity contribution in [3.63, 3.8) is 0 Å².